The van der Waals surface area contributed by atoms with E-state index in [0.29, 0.717) is 0 Å². The monoisotopic (exact) mass is 366 g/mol. The molecule has 25 heavy (non-hydrogen) atoms. The van der Waals surface area contributed by atoms with Gasteiger partial charge in [0.25, 0.3) is 0 Å². The standard InChI is InChI=1S/C20H18N2OS2/c1-12-18(15-8-4-6-10-17(15)21-12)19(23)13(2)25-20-22-16-9-5-3-7-14(16)11-24-20/h3-10,13,21H,11H2,1-2H3. The summed E-state index contributed by atoms with van der Waals surface area (Å²) in [6, 6.07) is 16.2. The summed E-state index contributed by atoms with van der Waals surface area (Å²) in [7, 11) is 0. The van der Waals surface area contributed by atoms with Crippen LogP contribution >= 0.6 is 23.5 Å². The van der Waals surface area contributed by atoms with Gasteiger partial charge in [-0.05, 0) is 31.5 Å². The van der Waals surface area contributed by atoms with Crippen LogP contribution in [-0.2, 0) is 5.75 Å². The molecule has 0 bridgehead atoms. The van der Waals surface area contributed by atoms with E-state index in [1.54, 1.807) is 23.5 Å². The number of aryl methyl sites for hydroxylation is 1. The molecule has 0 aliphatic carbocycles. The van der Waals surface area contributed by atoms with Crippen LogP contribution in [0.4, 0.5) is 5.69 Å². The Balaban J connectivity index is 1.59. The Kier molecular flexibility index (Phi) is 4.44. The summed E-state index contributed by atoms with van der Waals surface area (Å²) in [5.41, 5.74) is 5.02. The highest BCUT2D eigenvalue weighted by atomic mass is 32.2. The summed E-state index contributed by atoms with van der Waals surface area (Å²) in [6.07, 6.45) is 0. The van der Waals surface area contributed by atoms with Crippen LogP contribution in [0.1, 0.15) is 28.5 Å². The second-order valence-corrected chi connectivity index (χ2v) is 8.64. The Morgan fingerprint density at radius 3 is 2.84 bits per heavy atom. The van der Waals surface area contributed by atoms with Gasteiger partial charge in [-0.15, -0.1) is 0 Å². The first-order chi connectivity index (χ1) is 12.1. The summed E-state index contributed by atoms with van der Waals surface area (Å²) in [6.45, 7) is 3.94. The summed E-state index contributed by atoms with van der Waals surface area (Å²) in [4.78, 5) is 21.1. The SMILES string of the molecule is Cc1[nH]c2ccccc2c1C(=O)C(C)SC1=Nc2ccccc2CS1. The van der Waals surface area contributed by atoms with Crippen molar-refractivity contribution < 1.29 is 4.79 Å². The predicted octanol–water partition coefficient (Wildman–Crippen LogP) is 5.72. The normalized spacial score (nSPS) is 14.9. The molecule has 0 radical (unpaired) electrons. The third-order valence-electron chi connectivity index (χ3n) is 4.34. The molecule has 0 saturated heterocycles. The molecule has 3 aromatic rings. The number of aliphatic imine (C=N–C) groups is 1. The molecule has 0 fully saturated rings. The number of benzene rings is 2. The number of H-pyrrole nitrogens is 1. The fraction of sp³-hybridized carbons (Fsp3) is 0.200. The van der Waals surface area contributed by atoms with Gasteiger partial charge in [0.2, 0.25) is 0 Å². The van der Waals surface area contributed by atoms with E-state index in [-0.39, 0.29) is 11.0 Å². The maximum absolute atomic E-state index is 13.1. The number of fused-ring (bicyclic) bond motifs is 2. The van der Waals surface area contributed by atoms with Crippen LogP contribution < -0.4 is 0 Å². The molecule has 2 heterocycles. The highest BCUT2D eigenvalue weighted by Gasteiger charge is 2.24. The van der Waals surface area contributed by atoms with E-state index < -0.39 is 0 Å². The minimum Gasteiger partial charge on any atom is -0.358 e. The lowest BCUT2D eigenvalue weighted by atomic mass is 10.1. The van der Waals surface area contributed by atoms with Gasteiger partial charge < -0.3 is 4.98 Å². The summed E-state index contributed by atoms with van der Waals surface area (Å²) >= 11 is 3.27. The van der Waals surface area contributed by atoms with Gasteiger partial charge in [0.05, 0.1) is 10.9 Å². The number of para-hydroxylation sites is 2. The maximum atomic E-state index is 13.1. The summed E-state index contributed by atoms with van der Waals surface area (Å²) in [5.74, 6) is 1.07. The van der Waals surface area contributed by atoms with Crippen LogP contribution in [0.5, 0.6) is 0 Å². The number of aromatic amines is 1. The molecule has 0 saturated carbocycles. The van der Waals surface area contributed by atoms with E-state index in [9.17, 15) is 4.79 Å². The zero-order valence-corrected chi connectivity index (χ0v) is 15.7. The van der Waals surface area contributed by atoms with Gasteiger partial charge in [0, 0.05) is 27.9 Å². The van der Waals surface area contributed by atoms with Gasteiger partial charge in [-0.2, -0.15) is 0 Å². The minimum atomic E-state index is -0.172. The average molecular weight is 367 g/mol. The Morgan fingerprint density at radius 2 is 1.96 bits per heavy atom. The van der Waals surface area contributed by atoms with Gasteiger partial charge in [-0.1, -0.05) is 59.9 Å². The third kappa shape index (κ3) is 3.14. The van der Waals surface area contributed by atoms with Crippen molar-refractivity contribution in [1.82, 2.24) is 4.98 Å². The number of hydrogen-bond donors (Lipinski definition) is 1. The van der Waals surface area contributed by atoms with Crippen molar-refractivity contribution in [2.45, 2.75) is 24.9 Å². The second-order valence-electron chi connectivity index (χ2n) is 6.09. The molecule has 1 aromatic heterocycles. The lowest BCUT2D eigenvalue weighted by Gasteiger charge is -2.17. The first kappa shape index (κ1) is 16.5. The molecule has 1 aliphatic heterocycles. The molecule has 126 valence electrons. The highest BCUT2D eigenvalue weighted by Crippen LogP contribution is 2.37. The van der Waals surface area contributed by atoms with Crippen LogP contribution in [0, 0.1) is 6.92 Å². The smallest absolute Gasteiger partial charge is 0.178 e. The molecule has 0 spiro atoms. The van der Waals surface area contributed by atoms with Crippen molar-refractivity contribution in [2.24, 2.45) is 4.99 Å². The minimum absolute atomic E-state index is 0.155. The average Bonchev–Trinajstić information content (AvgIpc) is 2.96. The number of nitrogens with one attached hydrogen (secondary N) is 1. The topological polar surface area (TPSA) is 45.2 Å². The second kappa shape index (κ2) is 6.73. The van der Waals surface area contributed by atoms with Gasteiger partial charge in [-0.3, -0.25) is 4.79 Å². The van der Waals surface area contributed by atoms with E-state index in [4.69, 9.17) is 4.99 Å². The number of carbonyl (C=O) groups excluding carboxylic acids is 1. The van der Waals surface area contributed by atoms with Gasteiger partial charge in [-0.25, -0.2) is 4.99 Å². The number of aromatic nitrogens is 1. The number of carbonyl (C=O) groups is 1. The molecule has 4 rings (SSSR count). The lowest BCUT2D eigenvalue weighted by molar-refractivity contribution is 0.0995. The fourth-order valence-corrected chi connectivity index (χ4v) is 5.32. The number of hydrogen-bond acceptors (Lipinski definition) is 4. The lowest BCUT2D eigenvalue weighted by Crippen LogP contribution is -2.16. The van der Waals surface area contributed by atoms with E-state index in [2.05, 4.69) is 11.1 Å². The van der Waals surface area contributed by atoms with E-state index in [1.807, 2.05) is 56.3 Å². The number of Topliss-reactive ketones (excluding diaryl/α,β-unsaturated/α-hetero) is 1. The van der Waals surface area contributed by atoms with Crippen molar-refractivity contribution >= 4 is 50.3 Å². The van der Waals surface area contributed by atoms with Crippen LogP contribution in [0.15, 0.2) is 53.5 Å². The van der Waals surface area contributed by atoms with Gasteiger partial charge in [0.1, 0.15) is 4.38 Å². The third-order valence-corrected chi connectivity index (χ3v) is 6.64. The molecule has 1 aliphatic rings. The zero-order chi connectivity index (χ0) is 17.4. The highest BCUT2D eigenvalue weighted by molar-refractivity contribution is 8.39. The fourth-order valence-electron chi connectivity index (χ4n) is 3.07. The number of nitrogens with zero attached hydrogens (tertiary/aromatic N) is 1. The Morgan fingerprint density at radius 1 is 1.20 bits per heavy atom. The van der Waals surface area contributed by atoms with Crippen LogP contribution in [0.25, 0.3) is 10.9 Å². The largest absolute Gasteiger partial charge is 0.358 e. The van der Waals surface area contributed by atoms with Crippen molar-refractivity contribution in [1.29, 1.82) is 0 Å². The number of rotatable bonds is 3. The maximum Gasteiger partial charge on any atom is 0.178 e. The predicted molar refractivity (Wildman–Crippen MR) is 109 cm³/mol. The van der Waals surface area contributed by atoms with Crippen molar-refractivity contribution in [3.05, 3.63) is 65.4 Å². The summed E-state index contributed by atoms with van der Waals surface area (Å²) < 4.78 is 0.969. The van der Waals surface area contributed by atoms with Crippen LogP contribution in [-0.4, -0.2) is 20.4 Å². The first-order valence-electron chi connectivity index (χ1n) is 8.21. The molecule has 5 heteroatoms. The quantitative estimate of drug-likeness (QED) is 0.603. The van der Waals surface area contributed by atoms with Gasteiger partial charge in [0.15, 0.2) is 5.78 Å². The Labute approximate surface area is 155 Å². The molecular formula is C20H18N2OS2. The van der Waals surface area contributed by atoms with Crippen molar-refractivity contribution in [2.75, 3.05) is 0 Å². The Bertz CT molecular complexity index is 990. The number of ketones is 1. The molecule has 1 unspecified atom stereocenters. The van der Waals surface area contributed by atoms with E-state index >= 15 is 0 Å². The molecule has 2 aromatic carbocycles. The zero-order valence-electron chi connectivity index (χ0n) is 14.1. The molecule has 1 N–H and O–H groups in total. The van der Waals surface area contributed by atoms with Crippen LogP contribution in [0.2, 0.25) is 0 Å². The van der Waals surface area contributed by atoms with Crippen molar-refractivity contribution in [3.8, 4) is 0 Å². The molecule has 0 amide bonds. The first-order valence-corrected chi connectivity index (χ1v) is 10.1. The number of thioether (sulfide) groups is 2. The molecule has 3 nitrogen and oxygen atoms in total. The molecule has 1 atom stereocenters. The van der Waals surface area contributed by atoms with Gasteiger partial charge >= 0.3 is 0 Å². The summed E-state index contributed by atoms with van der Waals surface area (Å²) in [5, 5.41) is 0.829. The van der Waals surface area contributed by atoms with Crippen LogP contribution in [0.3, 0.4) is 0 Å². The van der Waals surface area contributed by atoms with Crippen molar-refractivity contribution in [3.63, 3.8) is 0 Å². The molecular weight excluding hydrogens is 348 g/mol. The van der Waals surface area contributed by atoms with E-state index in [0.717, 1.165) is 38.0 Å². The van der Waals surface area contributed by atoms with E-state index in [1.165, 1.54) is 5.56 Å². The Hall–Kier alpha value is -1.98.